The SMILES string of the molecule is CC(=O)NC[C@H]1CN(c2ccc(-c3ccc(CSc4ncn[nH]4)cc3)c(F)c2)C(=O)O1. The number of carbonyl (C=O) groups is 2. The van der Waals surface area contributed by atoms with Gasteiger partial charge in [0.15, 0.2) is 5.16 Å². The van der Waals surface area contributed by atoms with Gasteiger partial charge in [-0.3, -0.25) is 14.8 Å². The Morgan fingerprint density at radius 3 is 2.81 bits per heavy atom. The molecule has 10 heteroatoms. The monoisotopic (exact) mass is 441 g/mol. The number of aromatic amines is 1. The number of ether oxygens (including phenoxy) is 1. The Balaban J connectivity index is 1.42. The molecule has 31 heavy (non-hydrogen) atoms. The van der Waals surface area contributed by atoms with E-state index in [4.69, 9.17) is 4.74 Å². The quantitative estimate of drug-likeness (QED) is 0.546. The van der Waals surface area contributed by atoms with E-state index < -0.39 is 18.0 Å². The highest BCUT2D eigenvalue weighted by Crippen LogP contribution is 2.30. The molecule has 1 aliphatic heterocycles. The van der Waals surface area contributed by atoms with E-state index in [0.717, 1.165) is 16.3 Å². The van der Waals surface area contributed by atoms with Crippen LogP contribution in [0.4, 0.5) is 14.9 Å². The van der Waals surface area contributed by atoms with Gasteiger partial charge in [0.1, 0.15) is 18.2 Å². The van der Waals surface area contributed by atoms with E-state index in [1.807, 2.05) is 24.3 Å². The molecule has 3 aromatic rings. The first-order valence-corrected chi connectivity index (χ1v) is 10.6. The van der Waals surface area contributed by atoms with Crippen molar-refractivity contribution in [1.29, 1.82) is 0 Å². The predicted molar refractivity (Wildman–Crippen MR) is 114 cm³/mol. The fourth-order valence-electron chi connectivity index (χ4n) is 3.20. The molecule has 0 unspecified atom stereocenters. The Hall–Kier alpha value is -3.40. The summed E-state index contributed by atoms with van der Waals surface area (Å²) in [6, 6.07) is 12.3. The van der Waals surface area contributed by atoms with Crippen LogP contribution in [0.25, 0.3) is 11.1 Å². The Bertz CT molecular complexity index is 1080. The standard InChI is InChI=1S/C21H20FN5O3S/c1-13(28)23-9-17-10-27(21(29)30-17)16-6-7-18(19(22)8-16)15-4-2-14(3-5-15)11-31-20-24-12-25-26-20/h2-8,12,17H,9-11H2,1H3,(H,23,28)(H,24,25,26)/t17-/m0/s1. The number of amides is 2. The van der Waals surface area contributed by atoms with E-state index in [1.165, 1.54) is 36.0 Å². The van der Waals surface area contributed by atoms with Crippen LogP contribution in [0.15, 0.2) is 53.9 Å². The van der Waals surface area contributed by atoms with Gasteiger partial charge < -0.3 is 10.1 Å². The fourth-order valence-corrected chi connectivity index (χ4v) is 3.93. The molecular weight excluding hydrogens is 421 g/mol. The second-order valence-corrected chi connectivity index (χ2v) is 7.96. The zero-order chi connectivity index (χ0) is 21.8. The summed E-state index contributed by atoms with van der Waals surface area (Å²) in [5, 5.41) is 9.96. The molecule has 0 saturated carbocycles. The first-order chi connectivity index (χ1) is 15.0. The molecule has 2 amide bonds. The molecule has 2 aromatic carbocycles. The lowest BCUT2D eigenvalue weighted by atomic mass is 10.0. The molecule has 8 nitrogen and oxygen atoms in total. The predicted octanol–water partition coefficient (Wildman–Crippen LogP) is 3.36. The Kier molecular flexibility index (Phi) is 6.17. The third kappa shape index (κ3) is 5.02. The largest absolute Gasteiger partial charge is 0.442 e. The lowest BCUT2D eigenvalue weighted by Gasteiger charge is -2.14. The number of rotatable bonds is 7. The van der Waals surface area contributed by atoms with Gasteiger partial charge in [-0.2, -0.15) is 5.10 Å². The summed E-state index contributed by atoms with van der Waals surface area (Å²) in [5.41, 5.74) is 2.68. The normalized spacial score (nSPS) is 15.7. The highest BCUT2D eigenvalue weighted by molar-refractivity contribution is 7.98. The van der Waals surface area contributed by atoms with Crippen molar-refractivity contribution in [3.63, 3.8) is 0 Å². The van der Waals surface area contributed by atoms with Crippen LogP contribution in [-0.2, 0) is 15.3 Å². The van der Waals surface area contributed by atoms with Crippen LogP contribution in [0.3, 0.4) is 0 Å². The van der Waals surface area contributed by atoms with Crippen LogP contribution >= 0.6 is 11.8 Å². The number of H-pyrrole nitrogens is 1. The number of benzene rings is 2. The number of nitrogens with one attached hydrogen (secondary N) is 2. The van der Waals surface area contributed by atoms with Gasteiger partial charge in [0.05, 0.1) is 18.8 Å². The summed E-state index contributed by atoms with van der Waals surface area (Å²) < 4.78 is 20.1. The van der Waals surface area contributed by atoms with Crippen molar-refractivity contribution >= 4 is 29.4 Å². The van der Waals surface area contributed by atoms with E-state index in [-0.39, 0.29) is 19.0 Å². The molecular formula is C21H20FN5O3S. The van der Waals surface area contributed by atoms with Crippen molar-refractivity contribution in [2.45, 2.75) is 23.9 Å². The first-order valence-electron chi connectivity index (χ1n) is 9.59. The molecule has 1 aliphatic rings. The zero-order valence-electron chi connectivity index (χ0n) is 16.7. The molecule has 1 fully saturated rings. The van der Waals surface area contributed by atoms with Crippen LogP contribution in [0.2, 0.25) is 0 Å². The average molecular weight is 441 g/mol. The molecule has 2 heterocycles. The van der Waals surface area contributed by atoms with Gasteiger partial charge in [0.25, 0.3) is 0 Å². The van der Waals surface area contributed by atoms with Crippen molar-refractivity contribution in [3.05, 3.63) is 60.2 Å². The maximum absolute atomic E-state index is 14.8. The first kappa shape index (κ1) is 20.9. The highest BCUT2D eigenvalue weighted by Gasteiger charge is 2.32. The summed E-state index contributed by atoms with van der Waals surface area (Å²) in [7, 11) is 0. The molecule has 1 atom stereocenters. The number of aromatic nitrogens is 3. The van der Waals surface area contributed by atoms with E-state index >= 15 is 0 Å². The average Bonchev–Trinajstić information content (AvgIpc) is 3.41. The number of carbonyl (C=O) groups excluding carboxylic acids is 2. The smallest absolute Gasteiger partial charge is 0.414 e. The van der Waals surface area contributed by atoms with Crippen LogP contribution in [0, 0.1) is 5.82 Å². The van der Waals surface area contributed by atoms with Gasteiger partial charge >= 0.3 is 6.09 Å². The maximum Gasteiger partial charge on any atom is 0.414 e. The molecule has 0 spiro atoms. The second kappa shape index (κ2) is 9.17. The van der Waals surface area contributed by atoms with Gasteiger partial charge in [-0.1, -0.05) is 36.0 Å². The van der Waals surface area contributed by atoms with Crippen molar-refractivity contribution in [1.82, 2.24) is 20.5 Å². The Labute approximate surface area is 182 Å². The topological polar surface area (TPSA) is 100 Å². The van der Waals surface area contributed by atoms with E-state index in [0.29, 0.717) is 17.0 Å². The number of thioether (sulfide) groups is 1. The van der Waals surface area contributed by atoms with E-state index in [2.05, 4.69) is 20.5 Å². The van der Waals surface area contributed by atoms with Crippen molar-refractivity contribution in [2.24, 2.45) is 0 Å². The molecule has 1 saturated heterocycles. The number of halogens is 1. The summed E-state index contributed by atoms with van der Waals surface area (Å²) >= 11 is 1.53. The minimum atomic E-state index is -0.559. The lowest BCUT2D eigenvalue weighted by molar-refractivity contribution is -0.119. The van der Waals surface area contributed by atoms with Crippen LogP contribution < -0.4 is 10.2 Å². The molecule has 0 radical (unpaired) electrons. The third-order valence-corrected chi connectivity index (χ3v) is 5.70. The van der Waals surface area contributed by atoms with Crippen molar-refractivity contribution in [3.8, 4) is 11.1 Å². The summed E-state index contributed by atoms with van der Waals surface area (Å²) in [4.78, 5) is 28.6. The van der Waals surface area contributed by atoms with Gasteiger partial charge in [-0.15, -0.1) is 0 Å². The zero-order valence-corrected chi connectivity index (χ0v) is 17.5. The molecule has 4 rings (SSSR count). The van der Waals surface area contributed by atoms with Gasteiger partial charge in [0, 0.05) is 18.2 Å². The fraction of sp³-hybridized carbons (Fsp3) is 0.238. The van der Waals surface area contributed by atoms with Crippen molar-refractivity contribution in [2.75, 3.05) is 18.0 Å². The van der Waals surface area contributed by atoms with Crippen LogP contribution in [0.5, 0.6) is 0 Å². The molecule has 2 N–H and O–H groups in total. The summed E-state index contributed by atoms with van der Waals surface area (Å²) in [5.74, 6) is 0.0834. The number of nitrogens with zero attached hydrogens (tertiary/aromatic N) is 3. The summed E-state index contributed by atoms with van der Waals surface area (Å²) in [6.07, 6.45) is 0.431. The number of hydrogen-bond donors (Lipinski definition) is 2. The number of cyclic esters (lactones) is 1. The molecule has 0 aliphatic carbocycles. The molecule has 160 valence electrons. The Morgan fingerprint density at radius 1 is 1.32 bits per heavy atom. The molecule has 1 aromatic heterocycles. The summed E-state index contributed by atoms with van der Waals surface area (Å²) in [6.45, 7) is 1.86. The van der Waals surface area contributed by atoms with Crippen molar-refractivity contribution < 1.29 is 18.7 Å². The number of hydrogen-bond acceptors (Lipinski definition) is 6. The lowest BCUT2D eigenvalue weighted by Crippen LogP contribution is -2.33. The van der Waals surface area contributed by atoms with Crippen LogP contribution in [-0.4, -0.2) is 46.4 Å². The Morgan fingerprint density at radius 2 is 2.13 bits per heavy atom. The van der Waals surface area contributed by atoms with E-state index in [1.54, 1.807) is 12.1 Å². The minimum absolute atomic E-state index is 0.201. The maximum atomic E-state index is 14.8. The highest BCUT2D eigenvalue weighted by atomic mass is 32.2. The van der Waals surface area contributed by atoms with Gasteiger partial charge in [-0.05, 0) is 29.3 Å². The molecule has 0 bridgehead atoms. The van der Waals surface area contributed by atoms with E-state index in [9.17, 15) is 14.0 Å². The van der Waals surface area contributed by atoms with Gasteiger partial charge in [-0.25, -0.2) is 14.2 Å². The minimum Gasteiger partial charge on any atom is -0.442 e. The second-order valence-electron chi connectivity index (χ2n) is 6.99. The third-order valence-electron chi connectivity index (χ3n) is 4.75. The van der Waals surface area contributed by atoms with Gasteiger partial charge in [0.2, 0.25) is 5.91 Å². The number of anilines is 1. The van der Waals surface area contributed by atoms with Crippen LogP contribution in [0.1, 0.15) is 12.5 Å².